The molecule has 0 amide bonds. The standard InChI is InChI=1S/C12H19F3N2O2S2/c1-7(21(5,18)19)10-17-9(12(13,14)15)8(20-10)6-16-11(2,3)4/h7,16H,6H2,1-5H3. The number of halogens is 3. The van der Waals surface area contributed by atoms with Crippen LogP contribution in [0, 0.1) is 0 Å². The maximum absolute atomic E-state index is 13.0. The summed E-state index contributed by atoms with van der Waals surface area (Å²) in [6.45, 7) is 6.84. The van der Waals surface area contributed by atoms with Crippen molar-refractivity contribution in [1.82, 2.24) is 10.3 Å². The summed E-state index contributed by atoms with van der Waals surface area (Å²) in [4.78, 5) is 3.53. The SMILES string of the molecule is CC(c1nc(C(F)(F)F)c(CNC(C)(C)C)s1)S(C)(=O)=O. The van der Waals surface area contributed by atoms with Crippen LogP contribution in [0.4, 0.5) is 13.2 Å². The summed E-state index contributed by atoms with van der Waals surface area (Å²) >= 11 is 0.789. The van der Waals surface area contributed by atoms with Gasteiger partial charge in [-0.05, 0) is 27.7 Å². The number of rotatable bonds is 4. The molecule has 4 nitrogen and oxygen atoms in total. The maximum Gasteiger partial charge on any atom is 0.434 e. The molecule has 0 aliphatic carbocycles. The first-order valence-electron chi connectivity index (χ1n) is 6.22. The quantitative estimate of drug-likeness (QED) is 0.911. The molecule has 1 aromatic heterocycles. The van der Waals surface area contributed by atoms with E-state index in [1.165, 1.54) is 6.92 Å². The predicted molar refractivity (Wildman–Crippen MR) is 77.0 cm³/mol. The van der Waals surface area contributed by atoms with Gasteiger partial charge < -0.3 is 5.32 Å². The molecule has 0 fully saturated rings. The van der Waals surface area contributed by atoms with Crippen LogP contribution in [0.25, 0.3) is 0 Å². The number of alkyl halides is 3. The second kappa shape index (κ2) is 5.85. The van der Waals surface area contributed by atoms with Crippen molar-refractivity contribution in [2.75, 3.05) is 6.26 Å². The summed E-state index contributed by atoms with van der Waals surface area (Å²) in [5.41, 5.74) is -1.36. The van der Waals surface area contributed by atoms with Gasteiger partial charge in [-0.25, -0.2) is 13.4 Å². The minimum atomic E-state index is -4.60. The Labute approximate surface area is 126 Å². The smallest absolute Gasteiger partial charge is 0.307 e. The fourth-order valence-corrected chi connectivity index (χ4v) is 3.46. The van der Waals surface area contributed by atoms with Gasteiger partial charge in [-0.15, -0.1) is 11.3 Å². The van der Waals surface area contributed by atoms with E-state index in [1.54, 1.807) is 0 Å². The Kier molecular flexibility index (Phi) is 5.12. The van der Waals surface area contributed by atoms with Crippen LogP contribution < -0.4 is 5.32 Å². The molecule has 122 valence electrons. The largest absolute Gasteiger partial charge is 0.434 e. The van der Waals surface area contributed by atoms with E-state index in [2.05, 4.69) is 10.3 Å². The van der Waals surface area contributed by atoms with Crippen LogP contribution in [-0.4, -0.2) is 25.2 Å². The van der Waals surface area contributed by atoms with E-state index < -0.39 is 27.0 Å². The Morgan fingerprint density at radius 3 is 2.19 bits per heavy atom. The van der Waals surface area contributed by atoms with E-state index in [1.807, 2.05) is 20.8 Å². The third kappa shape index (κ3) is 5.23. The van der Waals surface area contributed by atoms with Crippen molar-refractivity contribution in [3.05, 3.63) is 15.6 Å². The third-order valence-corrected chi connectivity index (χ3v) is 5.65. The van der Waals surface area contributed by atoms with E-state index >= 15 is 0 Å². The lowest BCUT2D eigenvalue weighted by Gasteiger charge is -2.20. The van der Waals surface area contributed by atoms with Crippen molar-refractivity contribution in [3.63, 3.8) is 0 Å². The fourth-order valence-electron chi connectivity index (χ4n) is 1.41. The molecule has 0 saturated heterocycles. The zero-order chi connectivity index (χ0) is 16.6. The normalized spacial score (nSPS) is 15.2. The molecular formula is C12H19F3N2O2S2. The van der Waals surface area contributed by atoms with Crippen molar-refractivity contribution in [1.29, 1.82) is 0 Å². The lowest BCUT2D eigenvalue weighted by molar-refractivity contribution is -0.141. The van der Waals surface area contributed by atoms with Crippen LogP contribution in [-0.2, 0) is 22.6 Å². The monoisotopic (exact) mass is 344 g/mol. The molecular weight excluding hydrogens is 325 g/mol. The zero-order valence-corrected chi connectivity index (χ0v) is 14.1. The molecule has 1 aromatic rings. The second-order valence-electron chi connectivity index (χ2n) is 5.90. The average Bonchev–Trinajstić information content (AvgIpc) is 2.66. The van der Waals surface area contributed by atoms with E-state index in [9.17, 15) is 21.6 Å². The highest BCUT2D eigenvalue weighted by molar-refractivity contribution is 7.91. The second-order valence-corrected chi connectivity index (χ2v) is 9.38. The van der Waals surface area contributed by atoms with Gasteiger partial charge >= 0.3 is 6.18 Å². The van der Waals surface area contributed by atoms with E-state index in [4.69, 9.17) is 0 Å². The third-order valence-electron chi connectivity index (χ3n) is 2.75. The molecule has 0 saturated carbocycles. The molecule has 1 rings (SSSR count). The number of nitrogens with zero attached hydrogens (tertiary/aromatic N) is 1. The van der Waals surface area contributed by atoms with Crippen LogP contribution in [0.15, 0.2) is 0 Å². The number of sulfone groups is 1. The Morgan fingerprint density at radius 2 is 1.81 bits per heavy atom. The van der Waals surface area contributed by atoms with Crippen molar-refractivity contribution in [3.8, 4) is 0 Å². The van der Waals surface area contributed by atoms with Gasteiger partial charge in [0.05, 0.1) is 4.88 Å². The van der Waals surface area contributed by atoms with Crippen molar-refractivity contribution < 1.29 is 21.6 Å². The minimum absolute atomic E-state index is 0.00271. The average molecular weight is 344 g/mol. The molecule has 0 radical (unpaired) electrons. The summed E-state index contributed by atoms with van der Waals surface area (Å²) in [6, 6.07) is 0. The maximum atomic E-state index is 13.0. The highest BCUT2D eigenvalue weighted by Gasteiger charge is 2.38. The first-order chi connectivity index (χ1) is 9.22. The van der Waals surface area contributed by atoms with Gasteiger partial charge in [0.1, 0.15) is 10.3 Å². The van der Waals surface area contributed by atoms with Gasteiger partial charge in [0.15, 0.2) is 15.5 Å². The molecule has 1 N–H and O–H groups in total. The first-order valence-corrected chi connectivity index (χ1v) is 8.99. The molecule has 0 aromatic carbocycles. The molecule has 0 aliphatic rings. The molecule has 9 heteroatoms. The molecule has 0 bridgehead atoms. The summed E-state index contributed by atoms with van der Waals surface area (Å²) in [5, 5.41) is 1.88. The van der Waals surface area contributed by atoms with Gasteiger partial charge in [0.25, 0.3) is 0 Å². The van der Waals surface area contributed by atoms with Crippen LogP contribution >= 0.6 is 11.3 Å². The van der Waals surface area contributed by atoms with Crippen LogP contribution in [0.2, 0.25) is 0 Å². The van der Waals surface area contributed by atoms with E-state index in [-0.39, 0.29) is 22.0 Å². The van der Waals surface area contributed by atoms with E-state index in [0.29, 0.717) is 0 Å². The van der Waals surface area contributed by atoms with Gasteiger partial charge in [-0.1, -0.05) is 0 Å². The highest BCUT2D eigenvalue weighted by atomic mass is 32.2. The summed E-state index contributed by atoms with van der Waals surface area (Å²) in [6.07, 6.45) is -3.61. The fraction of sp³-hybridized carbons (Fsp3) is 0.750. The summed E-state index contributed by atoms with van der Waals surface area (Å²) in [5.74, 6) is 0. The Balaban J connectivity index is 3.20. The molecule has 1 heterocycles. The van der Waals surface area contributed by atoms with Gasteiger partial charge in [-0.2, -0.15) is 13.2 Å². The minimum Gasteiger partial charge on any atom is -0.307 e. The number of hydrogen-bond acceptors (Lipinski definition) is 5. The van der Waals surface area contributed by atoms with E-state index in [0.717, 1.165) is 17.6 Å². The molecule has 1 unspecified atom stereocenters. The molecule has 0 aliphatic heterocycles. The van der Waals surface area contributed by atoms with Crippen molar-refractivity contribution >= 4 is 21.2 Å². The molecule has 0 spiro atoms. The number of aromatic nitrogens is 1. The molecule has 21 heavy (non-hydrogen) atoms. The van der Waals surface area contributed by atoms with Crippen molar-refractivity contribution in [2.45, 2.75) is 51.2 Å². The molecule has 1 atom stereocenters. The van der Waals surface area contributed by atoms with Gasteiger partial charge in [0, 0.05) is 18.3 Å². The number of hydrogen-bond donors (Lipinski definition) is 1. The van der Waals surface area contributed by atoms with Crippen LogP contribution in [0.3, 0.4) is 0 Å². The Hall–Kier alpha value is -0.670. The number of thiazole rings is 1. The van der Waals surface area contributed by atoms with Gasteiger partial charge in [0.2, 0.25) is 0 Å². The van der Waals surface area contributed by atoms with Crippen LogP contribution in [0.1, 0.15) is 48.5 Å². The summed E-state index contributed by atoms with van der Waals surface area (Å²) in [7, 11) is -3.49. The number of nitrogens with one attached hydrogen (secondary N) is 1. The topological polar surface area (TPSA) is 59.1 Å². The lowest BCUT2D eigenvalue weighted by Crippen LogP contribution is -2.35. The van der Waals surface area contributed by atoms with Crippen molar-refractivity contribution in [2.24, 2.45) is 0 Å². The lowest BCUT2D eigenvalue weighted by atomic mass is 10.1. The first kappa shape index (κ1) is 18.4. The summed E-state index contributed by atoms with van der Waals surface area (Å²) < 4.78 is 62.0. The van der Waals surface area contributed by atoms with Gasteiger partial charge in [-0.3, -0.25) is 0 Å². The highest BCUT2D eigenvalue weighted by Crippen LogP contribution is 2.37. The predicted octanol–water partition coefficient (Wildman–Crippen LogP) is 3.16. The Morgan fingerprint density at radius 1 is 1.29 bits per heavy atom. The van der Waals surface area contributed by atoms with Crippen LogP contribution in [0.5, 0.6) is 0 Å². The Bertz CT molecular complexity index is 601. The zero-order valence-electron chi connectivity index (χ0n) is 12.5.